The smallest absolute Gasteiger partial charge is 0.267 e. The minimum Gasteiger partial charge on any atom is -0.356 e. The van der Waals surface area contributed by atoms with Crippen molar-refractivity contribution in [1.29, 1.82) is 0 Å². The van der Waals surface area contributed by atoms with Crippen LogP contribution in [0.4, 0.5) is 17.1 Å². The number of thiophene rings is 1. The highest BCUT2D eigenvalue weighted by atomic mass is 32.1. The number of aromatic nitrogens is 2. The Labute approximate surface area is 171 Å². The van der Waals surface area contributed by atoms with Crippen LogP contribution in [-0.4, -0.2) is 15.7 Å². The van der Waals surface area contributed by atoms with Crippen molar-refractivity contribution >= 4 is 34.3 Å². The predicted octanol–water partition coefficient (Wildman–Crippen LogP) is 4.35. The fraction of sp³-hybridized carbons (Fsp3) is 0.0455. The molecule has 1 amide bonds. The first-order chi connectivity index (χ1) is 14.2. The second kappa shape index (κ2) is 8.53. The van der Waals surface area contributed by atoms with E-state index in [1.54, 1.807) is 18.2 Å². The van der Waals surface area contributed by atoms with E-state index in [1.807, 2.05) is 60.0 Å². The first-order valence-corrected chi connectivity index (χ1v) is 9.89. The Morgan fingerprint density at radius 3 is 2.31 bits per heavy atom. The number of carbonyl (C=O) groups excluding carboxylic acids is 1. The van der Waals surface area contributed by atoms with E-state index in [4.69, 9.17) is 0 Å². The molecule has 4 rings (SSSR count). The molecule has 7 heteroatoms. The van der Waals surface area contributed by atoms with E-state index in [-0.39, 0.29) is 18.0 Å². The Morgan fingerprint density at radius 2 is 1.59 bits per heavy atom. The molecule has 0 fully saturated rings. The average molecular weight is 402 g/mol. The lowest BCUT2D eigenvalue weighted by molar-refractivity contribution is -0.117. The topological polar surface area (TPSA) is 76.0 Å². The van der Waals surface area contributed by atoms with Gasteiger partial charge >= 0.3 is 0 Å². The standard InChI is InChI=1S/C22H18N4O2S/c27-21(15-26-22(28)13-12-19(25-26)20-7-4-14-29-20)24-18-10-8-17(9-11-18)23-16-5-2-1-3-6-16/h1-14,23H,15H2,(H,24,27). The number of amides is 1. The number of benzene rings is 2. The van der Waals surface area contributed by atoms with Gasteiger partial charge in [0.2, 0.25) is 5.91 Å². The van der Waals surface area contributed by atoms with Gasteiger partial charge < -0.3 is 10.6 Å². The molecule has 6 nitrogen and oxygen atoms in total. The van der Waals surface area contributed by atoms with Crippen LogP contribution in [0.2, 0.25) is 0 Å². The van der Waals surface area contributed by atoms with Gasteiger partial charge in [-0.3, -0.25) is 9.59 Å². The van der Waals surface area contributed by atoms with Gasteiger partial charge in [0.15, 0.2) is 0 Å². The molecular formula is C22H18N4O2S. The van der Waals surface area contributed by atoms with E-state index in [2.05, 4.69) is 15.7 Å². The van der Waals surface area contributed by atoms with E-state index in [0.717, 1.165) is 16.3 Å². The summed E-state index contributed by atoms with van der Waals surface area (Å²) in [7, 11) is 0. The van der Waals surface area contributed by atoms with Crippen LogP contribution in [0.25, 0.3) is 10.6 Å². The minimum absolute atomic E-state index is 0.151. The fourth-order valence-corrected chi connectivity index (χ4v) is 3.47. The Hall–Kier alpha value is -3.71. The lowest BCUT2D eigenvalue weighted by Gasteiger charge is -2.09. The molecule has 4 aromatic rings. The Kier molecular flexibility index (Phi) is 5.49. The van der Waals surface area contributed by atoms with Crippen molar-refractivity contribution in [3.05, 3.63) is 94.6 Å². The van der Waals surface area contributed by atoms with Crippen LogP contribution in [0.15, 0.2) is 89.0 Å². The van der Waals surface area contributed by atoms with Crippen LogP contribution >= 0.6 is 11.3 Å². The molecule has 2 aromatic heterocycles. The molecule has 2 N–H and O–H groups in total. The SMILES string of the molecule is O=C(Cn1nc(-c2cccs2)ccc1=O)Nc1ccc(Nc2ccccc2)cc1. The van der Waals surface area contributed by atoms with E-state index in [1.165, 1.54) is 22.1 Å². The van der Waals surface area contributed by atoms with Crippen molar-refractivity contribution in [2.45, 2.75) is 6.54 Å². The van der Waals surface area contributed by atoms with E-state index >= 15 is 0 Å². The highest BCUT2D eigenvalue weighted by Gasteiger charge is 2.09. The van der Waals surface area contributed by atoms with Gasteiger partial charge in [-0.15, -0.1) is 11.3 Å². The average Bonchev–Trinajstić information content (AvgIpc) is 3.27. The van der Waals surface area contributed by atoms with E-state index in [0.29, 0.717) is 11.4 Å². The quantitative estimate of drug-likeness (QED) is 0.503. The summed E-state index contributed by atoms with van der Waals surface area (Å²) in [6.07, 6.45) is 0. The van der Waals surface area contributed by atoms with Crippen molar-refractivity contribution < 1.29 is 4.79 Å². The van der Waals surface area contributed by atoms with Crippen molar-refractivity contribution in [3.8, 4) is 10.6 Å². The molecule has 144 valence electrons. The van der Waals surface area contributed by atoms with E-state index in [9.17, 15) is 9.59 Å². The van der Waals surface area contributed by atoms with E-state index < -0.39 is 0 Å². The Bertz CT molecular complexity index is 1150. The number of anilines is 3. The number of nitrogens with zero attached hydrogens (tertiary/aromatic N) is 2. The van der Waals surface area contributed by atoms with Gasteiger partial charge in [0.25, 0.3) is 5.56 Å². The maximum Gasteiger partial charge on any atom is 0.267 e. The maximum absolute atomic E-state index is 12.4. The van der Waals surface area contributed by atoms with Gasteiger partial charge in [0.1, 0.15) is 12.2 Å². The number of rotatable bonds is 6. The lowest BCUT2D eigenvalue weighted by Crippen LogP contribution is -2.29. The zero-order valence-electron chi connectivity index (χ0n) is 15.4. The number of hydrogen-bond donors (Lipinski definition) is 2. The largest absolute Gasteiger partial charge is 0.356 e. The molecule has 2 aromatic carbocycles. The summed E-state index contributed by atoms with van der Waals surface area (Å²) in [5.41, 5.74) is 2.90. The van der Waals surface area contributed by atoms with Gasteiger partial charge in [0.05, 0.1) is 4.88 Å². The second-order valence-corrected chi connectivity index (χ2v) is 7.26. The number of nitrogens with one attached hydrogen (secondary N) is 2. The molecule has 29 heavy (non-hydrogen) atoms. The molecule has 0 spiro atoms. The number of carbonyl (C=O) groups is 1. The van der Waals surface area contributed by atoms with Crippen LogP contribution in [-0.2, 0) is 11.3 Å². The van der Waals surface area contributed by atoms with Crippen LogP contribution < -0.4 is 16.2 Å². The third kappa shape index (κ3) is 4.77. The first-order valence-electron chi connectivity index (χ1n) is 9.01. The van der Waals surface area contributed by atoms with Crippen molar-refractivity contribution in [3.63, 3.8) is 0 Å². The Morgan fingerprint density at radius 1 is 0.862 bits per heavy atom. The zero-order valence-corrected chi connectivity index (χ0v) is 16.2. The molecule has 0 saturated carbocycles. The van der Waals surface area contributed by atoms with Crippen molar-refractivity contribution in [2.75, 3.05) is 10.6 Å². The number of hydrogen-bond acceptors (Lipinski definition) is 5. The minimum atomic E-state index is -0.317. The summed E-state index contributed by atoms with van der Waals surface area (Å²) in [4.78, 5) is 25.4. The monoisotopic (exact) mass is 402 g/mol. The molecule has 2 heterocycles. The van der Waals surface area contributed by atoms with Gasteiger partial charge in [-0.05, 0) is 53.9 Å². The molecule has 0 aliphatic carbocycles. The normalized spacial score (nSPS) is 10.5. The fourth-order valence-electron chi connectivity index (χ4n) is 2.78. The first kappa shape index (κ1) is 18.6. The third-order valence-electron chi connectivity index (χ3n) is 4.16. The molecule has 0 atom stereocenters. The highest BCUT2D eigenvalue weighted by Crippen LogP contribution is 2.21. The highest BCUT2D eigenvalue weighted by molar-refractivity contribution is 7.13. The number of para-hydroxylation sites is 1. The molecule has 0 radical (unpaired) electrons. The van der Waals surface area contributed by atoms with Crippen molar-refractivity contribution in [2.24, 2.45) is 0 Å². The van der Waals surface area contributed by atoms with Gasteiger partial charge in [-0.25, -0.2) is 4.68 Å². The lowest BCUT2D eigenvalue weighted by atomic mass is 10.2. The van der Waals surface area contributed by atoms with Crippen LogP contribution in [0, 0.1) is 0 Å². The van der Waals surface area contributed by atoms with Gasteiger partial charge in [-0.1, -0.05) is 24.3 Å². The van der Waals surface area contributed by atoms with Crippen LogP contribution in [0.1, 0.15) is 0 Å². The zero-order chi connectivity index (χ0) is 20.1. The molecule has 0 aliphatic rings. The Balaban J connectivity index is 1.41. The molecular weight excluding hydrogens is 384 g/mol. The summed E-state index contributed by atoms with van der Waals surface area (Å²) in [6.45, 7) is -0.151. The third-order valence-corrected chi connectivity index (χ3v) is 5.06. The second-order valence-electron chi connectivity index (χ2n) is 6.31. The maximum atomic E-state index is 12.4. The van der Waals surface area contributed by atoms with Gasteiger partial charge in [0, 0.05) is 23.1 Å². The molecule has 0 saturated heterocycles. The van der Waals surface area contributed by atoms with Crippen molar-refractivity contribution in [1.82, 2.24) is 9.78 Å². The summed E-state index contributed by atoms with van der Waals surface area (Å²) < 4.78 is 1.18. The summed E-state index contributed by atoms with van der Waals surface area (Å²) in [5, 5.41) is 12.3. The van der Waals surface area contributed by atoms with Gasteiger partial charge in [-0.2, -0.15) is 5.10 Å². The molecule has 0 aliphatic heterocycles. The summed E-state index contributed by atoms with van der Waals surface area (Å²) in [6, 6.07) is 24.1. The summed E-state index contributed by atoms with van der Waals surface area (Å²) in [5.74, 6) is -0.313. The van der Waals surface area contributed by atoms with Crippen LogP contribution in [0.3, 0.4) is 0 Å². The molecule has 0 unspecified atom stereocenters. The predicted molar refractivity (Wildman–Crippen MR) is 117 cm³/mol. The van der Waals surface area contributed by atoms with Crippen LogP contribution in [0.5, 0.6) is 0 Å². The summed E-state index contributed by atoms with van der Waals surface area (Å²) >= 11 is 1.53. The molecule has 0 bridgehead atoms.